The van der Waals surface area contributed by atoms with E-state index in [4.69, 9.17) is 10.5 Å². The summed E-state index contributed by atoms with van der Waals surface area (Å²) in [6, 6.07) is 0. The molecule has 0 aromatic carbocycles. The molecule has 0 amide bonds. The van der Waals surface area contributed by atoms with Crippen LogP contribution in [-0.2, 0) is 6.42 Å². The molecule has 0 fully saturated rings. The van der Waals surface area contributed by atoms with E-state index in [0.717, 1.165) is 12.0 Å². The molecule has 2 aromatic heterocycles. The highest BCUT2D eigenvalue weighted by Crippen LogP contribution is 2.30. The van der Waals surface area contributed by atoms with Crippen LogP contribution < -0.4 is 10.5 Å². The van der Waals surface area contributed by atoms with Crippen molar-refractivity contribution in [3.63, 3.8) is 0 Å². The first kappa shape index (κ1) is 7.54. The molecular weight excluding hydrogens is 182 g/mol. The molecule has 1 atom stereocenters. The maximum atomic E-state index is 5.92. The van der Waals surface area contributed by atoms with Crippen LogP contribution in [0.1, 0.15) is 12.5 Å². The van der Waals surface area contributed by atoms with Crippen LogP contribution in [0.5, 0.6) is 5.88 Å². The van der Waals surface area contributed by atoms with Gasteiger partial charge in [0.25, 0.3) is 5.78 Å². The minimum atomic E-state index is 0.131. The fraction of sp³-hybridized carbons (Fsp3) is 0.375. The number of hydrogen-bond acceptors (Lipinski definition) is 5. The molecule has 0 aliphatic carbocycles. The van der Waals surface area contributed by atoms with Crippen molar-refractivity contribution in [3.05, 3.63) is 11.9 Å². The lowest BCUT2D eigenvalue weighted by Gasteiger charge is -2.02. The second-order valence-corrected chi connectivity index (χ2v) is 3.39. The van der Waals surface area contributed by atoms with Crippen molar-refractivity contribution in [3.8, 4) is 5.88 Å². The summed E-state index contributed by atoms with van der Waals surface area (Å²) in [5.41, 5.74) is 6.84. The van der Waals surface area contributed by atoms with E-state index in [1.54, 1.807) is 0 Å². The Balaban J connectivity index is 2.35. The van der Waals surface area contributed by atoms with Crippen LogP contribution in [0.4, 0.5) is 5.82 Å². The number of nitrogens with zero attached hydrogens (tertiary/aromatic N) is 4. The predicted molar refractivity (Wildman–Crippen MR) is 49.0 cm³/mol. The molecule has 6 heteroatoms. The number of hydrogen-bond donors (Lipinski definition) is 1. The van der Waals surface area contributed by atoms with Crippen LogP contribution in [0.25, 0.3) is 5.78 Å². The Morgan fingerprint density at radius 1 is 1.64 bits per heavy atom. The average molecular weight is 191 g/mol. The summed E-state index contributed by atoms with van der Waals surface area (Å²) >= 11 is 0. The van der Waals surface area contributed by atoms with E-state index in [0.29, 0.717) is 17.5 Å². The molecule has 6 nitrogen and oxygen atoms in total. The van der Waals surface area contributed by atoms with Crippen molar-refractivity contribution in [2.24, 2.45) is 0 Å². The molecule has 0 spiro atoms. The van der Waals surface area contributed by atoms with Gasteiger partial charge in [-0.3, -0.25) is 0 Å². The van der Waals surface area contributed by atoms with E-state index in [1.807, 2.05) is 6.92 Å². The van der Waals surface area contributed by atoms with Crippen molar-refractivity contribution in [2.45, 2.75) is 19.4 Å². The molecule has 0 bridgehead atoms. The summed E-state index contributed by atoms with van der Waals surface area (Å²) < 4.78 is 7.02. The molecule has 1 unspecified atom stereocenters. The number of aromatic nitrogens is 4. The van der Waals surface area contributed by atoms with Gasteiger partial charge in [-0.25, -0.2) is 0 Å². The summed E-state index contributed by atoms with van der Waals surface area (Å²) in [6.07, 6.45) is 2.34. The van der Waals surface area contributed by atoms with Gasteiger partial charge in [0, 0.05) is 6.42 Å². The van der Waals surface area contributed by atoms with Crippen molar-refractivity contribution < 1.29 is 4.74 Å². The van der Waals surface area contributed by atoms with Gasteiger partial charge in [0.1, 0.15) is 18.2 Å². The lowest BCUT2D eigenvalue weighted by Crippen LogP contribution is -2.06. The largest absolute Gasteiger partial charge is 0.474 e. The van der Waals surface area contributed by atoms with Gasteiger partial charge in [-0.1, -0.05) is 0 Å². The van der Waals surface area contributed by atoms with Crippen LogP contribution in [0, 0.1) is 0 Å². The van der Waals surface area contributed by atoms with E-state index in [1.165, 1.54) is 10.8 Å². The van der Waals surface area contributed by atoms with Gasteiger partial charge in [0.05, 0.1) is 5.56 Å². The average Bonchev–Trinajstić information content (AvgIpc) is 2.71. The van der Waals surface area contributed by atoms with Gasteiger partial charge < -0.3 is 10.5 Å². The topological polar surface area (TPSA) is 78.3 Å². The fourth-order valence-corrected chi connectivity index (χ4v) is 1.69. The molecule has 72 valence electrons. The zero-order valence-electron chi connectivity index (χ0n) is 7.64. The van der Waals surface area contributed by atoms with Crippen LogP contribution in [0.15, 0.2) is 6.33 Å². The van der Waals surface area contributed by atoms with Crippen LogP contribution in [0.2, 0.25) is 0 Å². The van der Waals surface area contributed by atoms with E-state index in [-0.39, 0.29) is 6.10 Å². The molecule has 0 saturated carbocycles. The molecule has 1 aliphatic heterocycles. The van der Waals surface area contributed by atoms with E-state index >= 15 is 0 Å². The summed E-state index contributed by atoms with van der Waals surface area (Å²) in [4.78, 5) is 8.18. The first-order chi connectivity index (χ1) is 6.75. The first-order valence-electron chi connectivity index (χ1n) is 4.40. The summed E-state index contributed by atoms with van der Waals surface area (Å²) in [5, 5.41) is 3.98. The highest BCUT2D eigenvalue weighted by Gasteiger charge is 2.25. The lowest BCUT2D eigenvalue weighted by atomic mass is 10.2. The van der Waals surface area contributed by atoms with Gasteiger partial charge in [0.2, 0.25) is 5.88 Å². The molecule has 1 aliphatic rings. The Hall–Kier alpha value is -1.85. The van der Waals surface area contributed by atoms with E-state index < -0.39 is 0 Å². The Labute approximate surface area is 79.7 Å². The third kappa shape index (κ3) is 0.822. The van der Waals surface area contributed by atoms with Crippen molar-refractivity contribution in [1.82, 2.24) is 19.6 Å². The van der Waals surface area contributed by atoms with Crippen molar-refractivity contribution >= 4 is 11.6 Å². The number of nitrogen functional groups attached to an aromatic ring is 1. The minimum absolute atomic E-state index is 0.131. The molecular formula is C8H9N5O. The molecule has 14 heavy (non-hydrogen) atoms. The normalized spacial score (nSPS) is 19.6. The van der Waals surface area contributed by atoms with E-state index in [2.05, 4.69) is 15.1 Å². The number of ether oxygens (including phenoxy) is 1. The van der Waals surface area contributed by atoms with Gasteiger partial charge >= 0.3 is 0 Å². The first-order valence-corrected chi connectivity index (χ1v) is 4.40. The zero-order chi connectivity index (χ0) is 9.71. The molecule has 2 aromatic rings. The SMILES string of the molecule is CC1Cc2c(nc3ncnn3c2N)O1. The highest BCUT2D eigenvalue weighted by molar-refractivity contribution is 5.53. The number of fused-ring (bicyclic) bond motifs is 2. The van der Waals surface area contributed by atoms with Gasteiger partial charge in [-0.05, 0) is 6.92 Å². The quantitative estimate of drug-likeness (QED) is 0.635. The zero-order valence-corrected chi connectivity index (χ0v) is 7.64. The van der Waals surface area contributed by atoms with Gasteiger partial charge in [0.15, 0.2) is 0 Å². The summed E-state index contributed by atoms with van der Waals surface area (Å²) in [6.45, 7) is 1.98. The minimum Gasteiger partial charge on any atom is -0.474 e. The Morgan fingerprint density at radius 2 is 2.50 bits per heavy atom. The lowest BCUT2D eigenvalue weighted by molar-refractivity contribution is 0.246. The standard InChI is InChI=1S/C8H9N5O/c1-4-2-5-6(9)13-8(10-3-11-13)12-7(5)14-4/h3-4H,2,9H2,1H3. The molecule has 3 heterocycles. The maximum Gasteiger partial charge on any atom is 0.257 e. The second kappa shape index (κ2) is 2.34. The van der Waals surface area contributed by atoms with Gasteiger partial charge in [-0.15, -0.1) is 0 Å². The monoisotopic (exact) mass is 191 g/mol. The second-order valence-electron chi connectivity index (χ2n) is 3.39. The predicted octanol–water partition coefficient (Wildman–Crippen LogP) is 0.0299. The van der Waals surface area contributed by atoms with Crippen molar-refractivity contribution in [2.75, 3.05) is 5.73 Å². The maximum absolute atomic E-state index is 5.92. The smallest absolute Gasteiger partial charge is 0.257 e. The Kier molecular flexibility index (Phi) is 1.26. The fourth-order valence-electron chi connectivity index (χ4n) is 1.69. The molecule has 2 N–H and O–H groups in total. The third-order valence-corrected chi connectivity index (χ3v) is 2.33. The summed E-state index contributed by atoms with van der Waals surface area (Å²) in [7, 11) is 0. The summed E-state index contributed by atoms with van der Waals surface area (Å²) in [5.74, 6) is 1.65. The van der Waals surface area contributed by atoms with E-state index in [9.17, 15) is 0 Å². The molecule has 0 radical (unpaired) electrons. The van der Waals surface area contributed by atoms with Crippen LogP contribution >= 0.6 is 0 Å². The third-order valence-electron chi connectivity index (χ3n) is 2.33. The Bertz CT molecular complexity index is 506. The Morgan fingerprint density at radius 3 is 3.36 bits per heavy atom. The number of nitrogens with two attached hydrogens (primary N) is 1. The number of rotatable bonds is 0. The van der Waals surface area contributed by atoms with Crippen LogP contribution in [-0.4, -0.2) is 25.7 Å². The highest BCUT2D eigenvalue weighted by atomic mass is 16.5. The molecule has 3 rings (SSSR count). The van der Waals surface area contributed by atoms with Gasteiger partial charge in [-0.2, -0.15) is 19.6 Å². The van der Waals surface area contributed by atoms with Crippen molar-refractivity contribution in [1.29, 1.82) is 0 Å². The number of anilines is 1. The van der Waals surface area contributed by atoms with Crippen LogP contribution in [0.3, 0.4) is 0 Å². The molecule has 0 saturated heterocycles.